The standard InChI is InChI=1S/C12H13BrN4OS/c1-14-9-6-11(17-10(16-9)7-18-2)19-12-8(13)4-3-5-15-12/h3-6H,7H2,1-2H3,(H,14,16,17). The fourth-order valence-corrected chi connectivity index (χ4v) is 2.69. The third-order valence-corrected chi connectivity index (χ3v) is 4.04. The van der Waals surface area contributed by atoms with Crippen LogP contribution in [0.2, 0.25) is 0 Å². The van der Waals surface area contributed by atoms with Gasteiger partial charge in [-0.25, -0.2) is 15.0 Å². The Morgan fingerprint density at radius 2 is 2.26 bits per heavy atom. The second kappa shape index (κ2) is 6.83. The lowest BCUT2D eigenvalue weighted by Gasteiger charge is -2.07. The Labute approximate surface area is 124 Å². The van der Waals surface area contributed by atoms with Crippen LogP contribution in [0, 0.1) is 0 Å². The Morgan fingerprint density at radius 1 is 1.42 bits per heavy atom. The molecule has 5 nitrogen and oxygen atoms in total. The van der Waals surface area contributed by atoms with E-state index in [0.717, 1.165) is 20.3 Å². The molecule has 0 aromatic carbocycles. The van der Waals surface area contributed by atoms with Gasteiger partial charge in [0.2, 0.25) is 0 Å². The van der Waals surface area contributed by atoms with Crippen molar-refractivity contribution in [2.75, 3.05) is 19.5 Å². The molecule has 0 aliphatic carbocycles. The van der Waals surface area contributed by atoms with Gasteiger partial charge >= 0.3 is 0 Å². The number of aromatic nitrogens is 3. The molecule has 0 atom stereocenters. The van der Waals surface area contributed by atoms with Gasteiger partial charge in [-0.15, -0.1) is 0 Å². The zero-order valence-corrected chi connectivity index (χ0v) is 13.0. The fourth-order valence-electron chi connectivity index (χ4n) is 1.39. The molecule has 0 bridgehead atoms. The quantitative estimate of drug-likeness (QED) is 0.844. The van der Waals surface area contributed by atoms with Crippen LogP contribution in [0.3, 0.4) is 0 Å². The van der Waals surface area contributed by atoms with Crippen LogP contribution in [-0.4, -0.2) is 29.1 Å². The molecule has 0 aliphatic rings. The maximum atomic E-state index is 5.07. The molecule has 7 heteroatoms. The third kappa shape index (κ3) is 3.89. The number of rotatable bonds is 5. The van der Waals surface area contributed by atoms with Gasteiger partial charge in [0, 0.05) is 26.4 Å². The number of methoxy groups -OCH3 is 1. The van der Waals surface area contributed by atoms with E-state index < -0.39 is 0 Å². The summed E-state index contributed by atoms with van der Waals surface area (Å²) in [5.74, 6) is 1.40. The number of ether oxygens (including phenoxy) is 1. The normalized spacial score (nSPS) is 10.5. The van der Waals surface area contributed by atoms with E-state index in [2.05, 4.69) is 36.2 Å². The topological polar surface area (TPSA) is 59.9 Å². The van der Waals surface area contributed by atoms with Gasteiger partial charge in [0.15, 0.2) is 5.82 Å². The number of halogens is 1. The van der Waals surface area contributed by atoms with E-state index in [4.69, 9.17) is 4.74 Å². The second-order valence-electron chi connectivity index (χ2n) is 3.58. The van der Waals surface area contributed by atoms with Gasteiger partial charge in [0.25, 0.3) is 0 Å². The van der Waals surface area contributed by atoms with Crippen LogP contribution in [0.5, 0.6) is 0 Å². The maximum Gasteiger partial charge on any atom is 0.157 e. The smallest absolute Gasteiger partial charge is 0.157 e. The first-order valence-corrected chi connectivity index (χ1v) is 7.17. The van der Waals surface area contributed by atoms with Crippen molar-refractivity contribution in [3.63, 3.8) is 0 Å². The lowest BCUT2D eigenvalue weighted by Crippen LogP contribution is -2.02. The predicted octanol–water partition coefficient (Wildman–Crippen LogP) is 2.97. The minimum atomic E-state index is 0.381. The summed E-state index contributed by atoms with van der Waals surface area (Å²) >= 11 is 4.95. The monoisotopic (exact) mass is 340 g/mol. The molecule has 0 radical (unpaired) electrons. The summed E-state index contributed by atoms with van der Waals surface area (Å²) in [7, 11) is 3.45. The Kier molecular flexibility index (Phi) is 5.12. The Balaban J connectivity index is 2.29. The molecule has 0 spiro atoms. The Morgan fingerprint density at radius 3 is 2.95 bits per heavy atom. The Bertz CT molecular complexity index is 567. The van der Waals surface area contributed by atoms with Crippen molar-refractivity contribution in [1.82, 2.24) is 15.0 Å². The highest BCUT2D eigenvalue weighted by atomic mass is 79.9. The average molecular weight is 341 g/mol. The lowest BCUT2D eigenvalue weighted by molar-refractivity contribution is 0.177. The van der Waals surface area contributed by atoms with Crippen LogP contribution < -0.4 is 5.32 Å². The molecule has 2 rings (SSSR count). The van der Waals surface area contributed by atoms with Crippen LogP contribution in [0.4, 0.5) is 5.82 Å². The van der Waals surface area contributed by atoms with E-state index in [9.17, 15) is 0 Å². The van der Waals surface area contributed by atoms with Gasteiger partial charge in [0.05, 0.1) is 4.47 Å². The highest BCUT2D eigenvalue weighted by molar-refractivity contribution is 9.10. The van der Waals surface area contributed by atoms with E-state index in [1.54, 1.807) is 13.3 Å². The van der Waals surface area contributed by atoms with E-state index in [0.29, 0.717) is 12.4 Å². The molecule has 100 valence electrons. The zero-order chi connectivity index (χ0) is 13.7. The minimum Gasteiger partial charge on any atom is -0.377 e. The van der Waals surface area contributed by atoms with Gasteiger partial charge in [-0.05, 0) is 39.8 Å². The van der Waals surface area contributed by atoms with Crippen LogP contribution >= 0.6 is 27.7 Å². The number of anilines is 1. The summed E-state index contributed by atoms with van der Waals surface area (Å²) in [6.45, 7) is 0.381. The predicted molar refractivity (Wildman–Crippen MR) is 78.4 cm³/mol. The summed E-state index contributed by atoms with van der Waals surface area (Å²) in [5, 5.41) is 4.71. The van der Waals surface area contributed by atoms with Crippen molar-refractivity contribution in [2.24, 2.45) is 0 Å². The van der Waals surface area contributed by atoms with Crippen molar-refractivity contribution < 1.29 is 4.74 Å². The van der Waals surface area contributed by atoms with Crippen molar-refractivity contribution in [3.8, 4) is 0 Å². The average Bonchev–Trinajstić information content (AvgIpc) is 2.41. The second-order valence-corrected chi connectivity index (χ2v) is 5.45. The summed E-state index contributed by atoms with van der Waals surface area (Å²) in [6, 6.07) is 5.71. The van der Waals surface area contributed by atoms with Crippen LogP contribution in [0.25, 0.3) is 0 Å². The summed E-state index contributed by atoms with van der Waals surface area (Å²) in [6.07, 6.45) is 1.75. The van der Waals surface area contributed by atoms with Crippen LogP contribution in [0.1, 0.15) is 5.82 Å². The number of nitrogens with one attached hydrogen (secondary N) is 1. The van der Waals surface area contributed by atoms with Crippen molar-refractivity contribution >= 4 is 33.5 Å². The van der Waals surface area contributed by atoms with Crippen LogP contribution in [-0.2, 0) is 11.3 Å². The molecular formula is C12H13BrN4OS. The molecule has 0 fully saturated rings. The summed E-state index contributed by atoms with van der Waals surface area (Å²) < 4.78 is 6.01. The first kappa shape index (κ1) is 14.2. The lowest BCUT2D eigenvalue weighted by atomic mass is 10.5. The molecular weight excluding hydrogens is 328 g/mol. The third-order valence-electron chi connectivity index (χ3n) is 2.20. The highest BCUT2D eigenvalue weighted by Crippen LogP contribution is 2.31. The summed E-state index contributed by atoms with van der Waals surface area (Å²) in [5.41, 5.74) is 0. The van der Waals surface area contributed by atoms with Gasteiger partial charge in [-0.2, -0.15) is 0 Å². The number of nitrogens with zero attached hydrogens (tertiary/aromatic N) is 3. The Hall–Kier alpha value is -1.18. The van der Waals surface area contributed by atoms with Gasteiger partial charge in [0.1, 0.15) is 22.5 Å². The molecule has 2 aromatic rings. The number of hydrogen-bond donors (Lipinski definition) is 1. The van der Waals surface area contributed by atoms with E-state index in [1.165, 1.54) is 11.8 Å². The maximum absolute atomic E-state index is 5.07. The van der Waals surface area contributed by atoms with Gasteiger partial charge < -0.3 is 10.1 Å². The molecule has 2 aromatic heterocycles. The van der Waals surface area contributed by atoms with Crippen LogP contribution in [0.15, 0.2) is 38.9 Å². The highest BCUT2D eigenvalue weighted by Gasteiger charge is 2.08. The molecule has 0 saturated carbocycles. The molecule has 1 N–H and O–H groups in total. The minimum absolute atomic E-state index is 0.381. The number of hydrogen-bond acceptors (Lipinski definition) is 6. The molecule has 0 saturated heterocycles. The summed E-state index contributed by atoms with van der Waals surface area (Å²) in [4.78, 5) is 13.1. The van der Waals surface area contributed by atoms with Crippen molar-refractivity contribution in [2.45, 2.75) is 16.7 Å². The van der Waals surface area contributed by atoms with E-state index in [-0.39, 0.29) is 0 Å². The van der Waals surface area contributed by atoms with Crippen molar-refractivity contribution in [3.05, 3.63) is 34.7 Å². The first-order chi connectivity index (χ1) is 9.22. The SMILES string of the molecule is CNc1cc(Sc2ncccc2Br)nc(COC)n1. The van der Waals surface area contributed by atoms with Crippen molar-refractivity contribution in [1.29, 1.82) is 0 Å². The van der Waals surface area contributed by atoms with E-state index >= 15 is 0 Å². The fraction of sp³-hybridized carbons (Fsp3) is 0.250. The van der Waals surface area contributed by atoms with Gasteiger partial charge in [-0.3, -0.25) is 0 Å². The molecule has 19 heavy (non-hydrogen) atoms. The molecule has 0 aliphatic heterocycles. The zero-order valence-electron chi connectivity index (χ0n) is 10.6. The largest absolute Gasteiger partial charge is 0.377 e. The molecule has 0 unspecified atom stereocenters. The van der Waals surface area contributed by atoms with E-state index in [1.807, 2.05) is 25.2 Å². The molecule has 0 amide bonds. The first-order valence-electron chi connectivity index (χ1n) is 5.56. The molecule has 2 heterocycles. The van der Waals surface area contributed by atoms with Gasteiger partial charge in [-0.1, -0.05) is 0 Å². The number of pyridine rings is 1.